The second kappa shape index (κ2) is 9.69. The minimum atomic E-state index is 0.332. The van der Waals surface area contributed by atoms with E-state index in [1.165, 1.54) is 0 Å². The molecule has 0 fully saturated rings. The number of nitrogens with one attached hydrogen (secondary N) is 1. The average molecular weight is 436 g/mol. The van der Waals surface area contributed by atoms with Crippen LogP contribution in [-0.4, -0.2) is 13.3 Å². The molecule has 0 saturated heterocycles. The van der Waals surface area contributed by atoms with E-state index in [1.54, 1.807) is 31.5 Å². The zero-order valence-corrected chi connectivity index (χ0v) is 17.2. The second-order valence-corrected chi connectivity index (χ2v) is 7.01. The monoisotopic (exact) mass is 434 g/mol. The Hall–Kier alpha value is -2.40. The van der Waals surface area contributed by atoms with E-state index in [0.717, 1.165) is 16.8 Å². The Morgan fingerprint density at radius 3 is 2.46 bits per heavy atom. The van der Waals surface area contributed by atoms with Crippen LogP contribution in [0.5, 0.6) is 11.5 Å². The molecule has 0 heterocycles. The summed E-state index contributed by atoms with van der Waals surface area (Å²) < 4.78 is 11.3. The van der Waals surface area contributed by atoms with Gasteiger partial charge in [0.25, 0.3) is 0 Å². The highest BCUT2D eigenvalue weighted by molar-refractivity contribution is 6.42. The summed E-state index contributed by atoms with van der Waals surface area (Å²) in [4.78, 5) is 0. The number of halogens is 3. The van der Waals surface area contributed by atoms with Gasteiger partial charge in [0.15, 0.2) is 11.5 Å². The zero-order chi connectivity index (χ0) is 19.9. The van der Waals surface area contributed by atoms with Gasteiger partial charge in [-0.3, -0.25) is 5.43 Å². The zero-order valence-electron chi connectivity index (χ0n) is 15.0. The Kier molecular flexibility index (Phi) is 7.04. The van der Waals surface area contributed by atoms with Gasteiger partial charge in [0.2, 0.25) is 0 Å². The SMILES string of the molecule is COc1ccc(C=NNc2ccc(Cl)c(Cl)c2)cc1OCc1ccccc1Cl. The smallest absolute Gasteiger partial charge is 0.162 e. The normalized spacial score (nSPS) is 10.9. The van der Waals surface area contributed by atoms with Gasteiger partial charge in [-0.05, 0) is 48.0 Å². The molecule has 0 saturated carbocycles. The highest BCUT2D eigenvalue weighted by Crippen LogP contribution is 2.29. The van der Waals surface area contributed by atoms with E-state index in [4.69, 9.17) is 44.3 Å². The number of hydrogen-bond donors (Lipinski definition) is 1. The molecule has 0 amide bonds. The number of methoxy groups -OCH3 is 1. The second-order valence-electron chi connectivity index (χ2n) is 5.79. The third-order valence-corrected chi connectivity index (χ3v) is 4.96. The first-order valence-electron chi connectivity index (χ1n) is 8.35. The Bertz CT molecular complexity index is 993. The van der Waals surface area contributed by atoms with Crippen LogP contribution in [0.2, 0.25) is 15.1 Å². The van der Waals surface area contributed by atoms with Crippen LogP contribution in [0.1, 0.15) is 11.1 Å². The van der Waals surface area contributed by atoms with Crippen LogP contribution in [0, 0.1) is 0 Å². The van der Waals surface area contributed by atoms with Crippen molar-refractivity contribution in [2.45, 2.75) is 6.61 Å². The number of hydrazone groups is 1. The first kappa shape index (κ1) is 20.3. The molecule has 3 rings (SSSR count). The van der Waals surface area contributed by atoms with Crippen LogP contribution in [0.4, 0.5) is 5.69 Å². The molecule has 28 heavy (non-hydrogen) atoms. The van der Waals surface area contributed by atoms with E-state index in [2.05, 4.69) is 10.5 Å². The highest BCUT2D eigenvalue weighted by atomic mass is 35.5. The minimum absolute atomic E-state index is 0.332. The van der Waals surface area contributed by atoms with Crippen molar-refractivity contribution in [2.24, 2.45) is 5.10 Å². The van der Waals surface area contributed by atoms with Crippen LogP contribution < -0.4 is 14.9 Å². The Morgan fingerprint density at radius 2 is 1.71 bits per heavy atom. The lowest BCUT2D eigenvalue weighted by Crippen LogP contribution is -1.99. The molecule has 3 aromatic carbocycles. The van der Waals surface area contributed by atoms with Crippen molar-refractivity contribution in [3.8, 4) is 11.5 Å². The molecule has 144 valence electrons. The average Bonchev–Trinajstić information content (AvgIpc) is 2.70. The van der Waals surface area contributed by atoms with Crippen LogP contribution in [0.15, 0.2) is 65.8 Å². The fourth-order valence-electron chi connectivity index (χ4n) is 2.40. The molecule has 1 N–H and O–H groups in total. The summed E-state index contributed by atoms with van der Waals surface area (Å²) in [5.74, 6) is 1.22. The van der Waals surface area contributed by atoms with Crippen LogP contribution in [0.25, 0.3) is 0 Å². The number of anilines is 1. The van der Waals surface area contributed by atoms with Gasteiger partial charge in [0, 0.05) is 10.6 Å². The molecule has 0 radical (unpaired) electrons. The summed E-state index contributed by atoms with van der Waals surface area (Å²) in [5, 5.41) is 5.83. The summed E-state index contributed by atoms with van der Waals surface area (Å²) >= 11 is 18.1. The third kappa shape index (κ3) is 5.32. The van der Waals surface area contributed by atoms with E-state index < -0.39 is 0 Å². The molecular formula is C21H17Cl3N2O2. The van der Waals surface area contributed by atoms with Crippen molar-refractivity contribution in [2.75, 3.05) is 12.5 Å². The Morgan fingerprint density at radius 1 is 0.893 bits per heavy atom. The first-order chi connectivity index (χ1) is 13.6. The quantitative estimate of drug-likeness (QED) is 0.332. The van der Waals surface area contributed by atoms with Gasteiger partial charge in [-0.1, -0.05) is 53.0 Å². The van der Waals surface area contributed by atoms with E-state index in [1.807, 2.05) is 42.5 Å². The first-order valence-corrected chi connectivity index (χ1v) is 9.48. The van der Waals surface area contributed by atoms with Crippen LogP contribution in [-0.2, 0) is 6.61 Å². The maximum Gasteiger partial charge on any atom is 0.162 e. The van der Waals surface area contributed by atoms with Crippen molar-refractivity contribution in [3.05, 3.63) is 86.9 Å². The summed E-state index contributed by atoms with van der Waals surface area (Å²) in [6, 6.07) is 18.3. The molecule has 0 bridgehead atoms. The molecule has 0 aromatic heterocycles. The maximum absolute atomic E-state index is 6.18. The molecule has 4 nitrogen and oxygen atoms in total. The van der Waals surface area contributed by atoms with Gasteiger partial charge in [-0.25, -0.2) is 0 Å². The standard InChI is InChI=1S/C21H17Cl3N2O2/c1-27-20-9-6-14(12-25-26-16-7-8-18(23)19(24)11-16)10-21(20)28-13-15-4-2-3-5-17(15)22/h2-12,26H,13H2,1H3. The number of ether oxygens (including phenoxy) is 2. The van der Waals surface area contributed by atoms with Crippen LogP contribution in [0.3, 0.4) is 0 Å². The predicted molar refractivity (Wildman–Crippen MR) is 116 cm³/mol. The van der Waals surface area contributed by atoms with Gasteiger partial charge in [-0.15, -0.1) is 0 Å². The number of benzene rings is 3. The molecule has 0 aliphatic carbocycles. The maximum atomic E-state index is 6.18. The number of rotatable bonds is 7. The lowest BCUT2D eigenvalue weighted by molar-refractivity contribution is 0.284. The van der Waals surface area contributed by atoms with Crippen molar-refractivity contribution in [3.63, 3.8) is 0 Å². The predicted octanol–water partition coefficient (Wildman–Crippen LogP) is 6.68. The summed E-state index contributed by atoms with van der Waals surface area (Å²) in [6.45, 7) is 0.332. The molecular weight excluding hydrogens is 419 g/mol. The van der Waals surface area contributed by atoms with Crippen LogP contribution >= 0.6 is 34.8 Å². The topological polar surface area (TPSA) is 42.8 Å². The van der Waals surface area contributed by atoms with Gasteiger partial charge >= 0.3 is 0 Å². The summed E-state index contributed by atoms with van der Waals surface area (Å²) in [5.41, 5.74) is 5.37. The number of hydrogen-bond acceptors (Lipinski definition) is 4. The Balaban J connectivity index is 1.71. The fourth-order valence-corrected chi connectivity index (χ4v) is 2.89. The van der Waals surface area contributed by atoms with E-state index >= 15 is 0 Å². The summed E-state index contributed by atoms with van der Waals surface area (Å²) in [6.07, 6.45) is 1.67. The fraction of sp³-hybridized carbons (Fsp3) is 0.0952. The molecule has 0 spiro atoms. The third-order valence-electron chi connectivity index (χ3n) is 3.86. The lowest BCUT2D eigenvalue weighted by atomic mass is 10.2. The van der Waals surface area contributed by atoms with E-state index in [0.29, 0.717) is 33.2 Å². The van der Waals surface area contributed by atoms with E-state index in [9.17, 15) is 0 Å². The van der Waals surface area contributed by atoms with Crippen molar-refractivity contribution in [1.29, 1.82) is 0 Å². The Labute approximate surface area is 178 Å². The molecule has 0 aliphatic heterocycles. The molecule has 0 atom stereocenters. The number of nitrogens with zero attached hydrogens (tertiary/aromatic N) is 1. The molecule has 0 unspecified atom stereocenters. The van der Waals surface area contributed by atoms with Crippen molar-refractivity contribution in [1.82, 2.24) is 0 Å². The molecule has 3 aromatic rings. The van der Waals surface area contributed by atoms with Gasteiger partial charge in [0.05, 0.1) is 29.1 Å². The highest BCUT2D eigenvalue weighted by Gasteiger charge is 2.07. The largest absolute Gasteiger partial charge is 0.493 e. The molecule has 0 aliphatic rings. The molecule has 7 heteroatoms. The van der Waals surface area contributed by atoms with Crippen molar-refractivity contribution >= 4 is 46.7 Å². The summed E-state index contributed by atoms with van der Waals surface area (Å²) in [7, 11) is 1.59. The van der Waals surface area contributed by atoms with Gasteiger partial charge in [0.1, 0.15) is 6.61 Å². The van der Waals surface area contributed by atoms with Crippen molar-refractivity contribution < 1.29 is 9.47 Å². The minimum Gasteiger partial charge on any atom is -0.493 e. The lowest BCUT2D eigenvalue weighted by Gasteiger charge is -2.12. The van der Waals surface area contributed by atoms with E-state index in [-0.39, 0.29) is 0 Å². The van der Waals surface area contributed by atoms with Gasteiger partial charge < -0.3 is 9.47 Å². The van der Waals surface area contributed by atoms with Gasteiger partial charge in [-0.2, -0.15) is 5.10 Å².